The monoisotopic (exact) mass is 435 g/mol. The van der Waals surface area contributed by atoms with Crippen LogP contribution in [0.15, 0.2) is 66.0 Å². The fraction of sp³-hybridized carbons (Fsp3) is 0.174. The number of fused-ring (bicyclic) bond motifs is 1. The van der Waals surface area contributed by atoms with Crippen molar-refractivity contribution in [3.05, 3.63) is 65.8 Å². The minimum atomic E-state index is -0.305. The fourth-order valence-corrected chi connectivity index (χ4v) is 5.39. The van der Waals surface area contributed by atoms with Gasteiger partial charge in [0.05, 0.1) is 10.6 Å². The van der Waals surface area contributed by atoms with Crippen LogP contribution in [0.5, 0.6) is 5.75 Å². The first kappa shape index (κ1) is 20.4. The van der Waals surface area contributed by atoms with Crippen LogP contribution in [0.1, 0.15) is 18.2 Å². The highest BCUT2D eigenvalue weighted by atomic mass is 32.2. The number of phenols is 1. The summed E-state index contributed by atoms with van der Waals surface area (Å²) >= 11 is 3.11. The average molecular weight is 436 g/mol. The van der Waals surface area contributed by atoms with E-state index in [0.717, 1.165) is 26.4 Å². The molecule has 0 aliphatic carbocycles. The standard InChI is InChI=1S/C23H21N3O2S2/c1-3-18(21(28)26-16-9-11-17(27)12-10-16)30-23-20-19(15-7-5-4-6-8-15)14(2)29-22(20)24-13-25-23/h4-13,18,27H,3H2,1-2H3,(H,26,28). The van der Waals surface area contributed by atoms with Gasteiger partial charge in [0.1, 0.15) is 21.9 Å². The first-order valence-corrected chi connectivity index (χ1v) is 11.3. The van der Waals surface area contributed by atoms with E-state index in [0.29, 0.717) is 12.1 Å². The van der Waals surface area contributed by atoms with Crippen molar-refractivity contribution in [2.75, 3.05) is 5.32 Å². The number of carbonyl (C=O) groups excluding carboxylic acids is 1. The number of aryl methyl sites for hydroxylation is 1. The minimum absolute atomic E-state index is 0.0897. The van der Waals surface area contributed by atoms with Crippen LogP contribution in [0.4, 0.5) is 5.69 Å². The van der Waals surface area contributed by atoms with Crippen molar-refractivity contribution >= 4 is 44.9 Å². The van der Waals surface area contributed by atoms with Crippen LogP contribution in [-0.2, 0) is 4.79 Å². The van der Waals surface area contributed by atoms with Gasteiger partial charge < -0.3 is 10.4 Å². The highest BCUT2D eigenvalue weighted by Gasteiger charge is 2.23. The second-order valence-corrected chi connectivity index (χ2v) is 9.20. The van der Waals surface area contributed by atoms with Crippen molar-refractivity contribution in [3.8, 4) is 16.9 Å². The molecular weight excluding hydrogens is 414 g/mol. The Morgan fingerprint density at radius 3 is 2.57 bits per heavy atom. The predicted molar refractivity (Wildman–Crippen MR) is 124 cm³/mol. The van der Waals surface area contributed by atoms with Gasteiger partial charge in [-0.05, 0) is 43.2 Å². The molecule has 0 spiro atoms. The van der Waals surface area contributed by atoms with Gasteiger partial charge in [-0.1, -0.05) is 49.0 Å². The zero-order valence-corrected chi connectivity index (χ0v) is 18.3. The third-order valence-corrected chi connectivity index (χ3v) is 7.12. The van der Waals surface area contributed by atoms with Gasteiger partial charge in [0.2, 0.25) is 5.91 Å². The molecule has 0 aliphatic rings. The largest absolute Gasteiger partial charge is 0.508 e. The van der Waals surface area contributed by atoms with Gasteiger partial charge in [-0.15, -0.1) is 11.3 Å². The summed E-state index contributed by atoms with van der Waals surface area (Å²) in [6.45, 7) is 4.08. The Balaban J connectivity index is 1.67. The topological polar surface area (TPSA) is 75.1 Å². The molecule has 1 unspecified atom stereocenters. The Morgan fingerprint density at radius 2 is 1.87 bits per heavy atom. The number of nitrogens with zero attached hydrogens (tertiary/aromatic N) is 2. The SMILES string of the molecule is CCC(Sc1ncnc2sc(C)c(-c3ccccc3)c12)C(=O)Nc1ccc(O)cc1. The van der Waals surface area contributed by atoms with E-state index >= 15 is 0 Å². The van der Waals surface area contributed by atoms with Gasteiger partial charge in [-0.25, -0.2) is 9.97 Å². The lowest BCUT2D eigenvalue weighted by Crippen LogP contribution is -2.24. The Morgan fingerprint density at radius 1 is 1.13 bits per heavy atom. The Bertz CT molecular complexity index is 1170. The van der Waals surface area contributed by atoms with Crippen molar-refractivity contribution in [3.63, 3.8) is 0 Å². The van der Waals surface area contributed by atoms with E-state index in [9.17, 15) is 9.90 Å². The van der Waals surface area contributed by atoms with Gasteiger partial charge in [0.25, 0.3) is 0 Å². The normalized spacial score (nSPS) is 12.1. The number of aromatic hydroxyl groups is 1. The lowest BCUT2D eigenvalue weighted by atomic mass is 10.0. The van der Waals surface area contributed by atoms with Gasteiger partial charge in [0, 0.05) is 16.1 Å². The number of nitrogens with one attached hydrogen (secondary N) is 1. The van der Waals surface area contributed by atoms with Crippen molar-refractivity contribution in [2.24, 2.45) is 0 Å². The maximum atomic E-state index is 12.9. The summed E-state index contributed by atoms with van der Waals surface area (Å²) in [5, 5.41) is 13.9. The van der Waals surface area contributed by atoms with Crippen LogP contribution in [-0.4, -0.2) is 26.2 Å². The molecule has 4 aromatic rings. The van der Waals surface area contributed by atoms with Crippen LogP contribution in [0.3, 0.4) is 0 Å². The van der Waals surface area contributed by atoms with E-state index in [1.807, 2.05) is 25.1 Å². The third kappa shape index (κ3) is 4.17. The molecule has 152 valence electrons. The molecule has 0 bridgehead atoms. The average Bonchev–Trinajstić information content (AvgIpc) is 3.10. The zero-order chi connectivity index (χ0) is 21.1. The predicted octanol–water partition coefficient (Wildman–Crippen LogP) is 5.88. The summed E-state index contributed by atoms with van der Waals surface area (Å²) in [5.41, 5.74) is 2.91. The molecule has 2 aromatic heterocycles. The number of thioether (sulfide) groups is 1. The number of anilines is 1. The van der Waals surface area contributed by atoms with E-state index in [1.54, 1.807) is 41.9 Å². The van der Waals surface area contributed by atoms with Crippen LogP contribution >= 0.6 is 23.1 Å². The first-order valence-electron chi connectivity index (χ1n) is 9.63. The number of aromatic nitrogens is 2. The lowest BCUT2D eigenvalue weighted by Gasteiger charge is -2.15. The molecule has 4 rings (SSSR count). The van der Waals surface area contributed by atoms with Crippen molar-refractivity contribution in [2.45, 2.75) is 30.5 Å². The van der Waals surface area contributed by atoms with Crippen LogP contribution in [0.25, 0.3) is 21.3 Å². The molecule has 2 heterocycles. The maximum Gasteiger partial charge on any atom is 0.237 e. The lowest BCUT2D eigenvalue weighted by molar-refractivity contribution is -0.115. The van der Waals surface area contributed by atoms with Crippen LogP contribution in [0.2, 0.25) is 0 Å². The van der Waals surface area contributed by atoms with E-state index in [4.69, 9.17) is 0 Å². The van der Waals surface area contributed by atoms with Crippen LogP contribution < -0.4 is 5.32 Å². The molecule has 2 aromatic carbocycles. The second-order valence-electron chi connectivity index (χ2n) is 6.81. The number of thiophene rings is 1. The van der Waals surface area contributed by atoms with Gasteiger partial charge >= 0.3 is 0 Å². The van der Waals surface area contributed by atoms with Gasteiger partial charge in [0.15, 0.2) is 0 Å². The van der Waals surface area contributed by atoms with E-state index in [-0.39, 0.29) is 16.9 Å². The second kappa shape index (κ2) is 8.85. The highest BCUT2D eigenvalue weighted by molar-refractivity contribution is 8.00. The van der Waals surface area contributed by atoms with Gasteiger partial charge in [-0.2, -0.15) is 0 Å². The molecule has 0 radical (unpaired) electrons. The van der Waals surface area contributed by atoms with E-state index < -0.39 is 0 Å². The molecular formula is C23H21N3O2S2. The molecule has 7 heteroatoms. The number of benzene rings is 2. The van der Waals surface area contributed by atoms with Crippen LogP contribution in [0, 0.1) is 6.92 Å². The minimum Gasteiger partial charge on any atom is -0.508 e. The first-order chi connectivity index (χ1) is 14.6. The molecule has 0 saturated carbocycles. The van der Waals surface area contributed by atoms with Crippen molar-refractivity contribution in [1.29, 1.82) is 0 Å². The fourth-order valence-electron chi connectivity index (χ4n) is 3.28. The number of hydrogen-bond donors (Lipinski definition) is 2. The molecule has 0 aliphatic heterocycles. The van der Waals surface area contributed by atoms with Crippen molar-refractivity contribution in [1.82, 2.24) is 9.97 Å². The summed E-state index contributed by atoms with van der Waals surface area (Å²) in [7, 11) is 0. The Kier molecular flexibility index (Phi) is 6.01. The molecule has 2 N–H and O–H groups in total. The summed E-state index contributed by atoms with van der Waals surface area (Å²) in [6.07, 6.45) is 2.23. The molecule has 30 heavy (non-hydrogen) atoms. The number of phenolic OH excluding ortho intramolecular Hbond substituents is 1. The Hall–Kier alpha value is -2.90. The van der Waals surface area contributed by atoms with E-state index in [2.05, 4.69) is 34.3 Å². The van der Waals surface area contributed by atoms with E-state index in [1.165, 1.54) is 16.6 Å². The quantitative estimate of drug-likeness (QED) is 0.225. The number of amides is 1. The van der Waals surface area contributed by atoms with Crippen molar-refractivity contribution < 1.29 is 9.90 Å². The molecule has 1 amide bonds. The molecule has 5 nitrogen and oxygen atoms in total. The number of carbonyl (C=O) groups is 1. The maximum absolute atomic E-state index is 12.9. The molecule has 0 saturated heterocycles. The van der Waals surface area contributed by atoms with Gasteiger partial charge in [-0.3, -0.25) is 4.79 Å². The summed E-state index contributed by atoms with van der Waals surface area (Å²) < 4.78 is 0. The summed E-state index contributed by atoms with van der Waals surface area (Å²) in [4.78, 5) is 24.0. The number of hydrogen-bond acceptors (Lipinski definition) is 6. The summed E-state index contributed by atoms with van der Waals surface area (Å²) in [5.74, 6) is 0.0761. The molecule has 1 atom stereocenters. The zero-order valence-electron chi connectivity index (χ0n) is 16.6. The number of rotatable bonds is 6. The summed E-state index contributed by atoms with van der Waals surface area (Å²) in [6, 6.07) is 16.7. The smallest absolute Gasteiger partial charge is 0.237 e. The third-order valence-electron chi connectivity index (χ3n) is 4.74. The highest BCUT2D eigenvalue weighted by Crippen LogP contribution is 2.42. The molecule has 0 fully saturated rings. The Labute approximate surface area is 183 Å².